The summed E-state index contributed by atoms with van der Waals surface area (Å²) in [6, 6.07) is 0.760. The summed E-state index contributed by atoms with van der Waals surface area (Å²) in [5, 5.41) is 0. The molecule has 2 fully saturated rings. The molecule has 0 amide bonds. The molecule has 0 spiro atoms. The van der Waals surface area contributed by atoms with Crippen LogP contribution in [-0.2, 0) is 0 Å². The third-order valence-electron chi connectivity index (χ3n) is 5.45. The van der Waals surface area contributed by atoms with Gasteiger partial charge in [0, 0.05) is 24.7 Å². The molecule has 2 atom stereocenters. The van der Waals surface area contributed by atoms with Crippen molar-refractivity contribution >= 4 is 0 Å². The van der Waals surface area contributed by atoms with Crippen LogP contribution in [0.5, 0.6) is 0 Å². The van der Waals surface area contributed by atoms with E-state index in [0.29, 0.717) is 0 Å². The third kappa shape index (κ3) is 2.59. The van der Waals surface area contributed by atoms with Gasteiger partial charge in [0.25, 0.3) is 0 Å². The first kappa shape index (κ1) is 14.3. The van der Waals surface area contributed by atoms with E-state index in [1.807, 2.05) is 0 Å². The number of hydrogen-bond donors (Lipinski definition) is 1. The monoisotopic (exact) mass is 253 g/mol. The van der Waals surface area contributed by atoms with Crippen molar-refractivity contribution in [1.29, 1.82) is 0 Å². The van der Waals surface area contributed by atoms with Crippen molar-refractivity contribution in [2.75, 3.05) is 33.2 Å². The number of nitrogens with two attached hydrogens (primary N) is 1. The van der Waals surface area contributed by atoms with Gasteiger partial charge in [-0.25, -0.2) is 0 Å². The zero-order valence-electron chi connectivity index (χ0n) is 12.5. The van der Waals surface area contributed by atoms with Gasteiger partial charge < -0.3 is 5.73 Å². The minimum Gasteiger partial charge on any atom is -0.329 e. The number of likely N-dealkylation sites (N-methyl/N-ethyl adjacent to an activating group) is 2. The first-order valence-corrected chi connectivity index (χ1v) is 7.83. The summed E-state index contributed by atoms with van der Waals surface area (Å²) >= 11 is 0. The summed E-state index contributed by atoms with van der Waals surface area (Å²) in [6.07, 6.45) is 6.71. The van der Waals surface area contributed by atoms with Crippen LogP contribution < -0.4 is 5.73 Å². The largest absolute Gasteiger partial charge is 0.329 e. The minimum absolute atomic E-state index is 0.280. The fourth-order valence-corrected chi connectivity index (χ4v) is 3.97. The van der Waals surface area contributed by atoms with Gasteiger partial charge in [-0.15, -0.1) is 0 Å². The Labute approximate surface area is 113 Å². The minimum atomic E-state index is 0.280. The molecule has 0 aromatic carbocycles. The molecule has 2 unspecified atom stereocenters. The molecule has 1 aliphatic carbocycles. The number of likely N-dealkylation sites (tertiary alicyclic amines) is 1. The molecule has 3 nitrogen and oxygen atoms in total. The topological polar surface area (TPSA) is 32.5 Å². The quantitative estimate of drug-likeness (QED) is 0.752. The van der Waals surface area contributed by atoms with E-state index < -0.39 is 0 Å². The lowest BCUT2D eigenvalue weighted by atomic mass is 9.88. The first-order valence-electron chi connectivity index (χ1n) is 7.83. The summed E-state index contributed by atoms with van der Waals surface area (Å²) in [6.45, 7) is 9.12. The van der Waals surface area contributed by atoms with E-state index in [9.17, 15) is 0 Å². The Morgan fingerprint density at radius 2 is 2.00 bits per heavy atom. The molecule has 3 heteroatoms. The zero-order valence-corrected chi connectivity index (χ0v) is 12.5. The SMILES string of the molecule is CCN1CCCC1CN(C)C(CC)(CN)C1CC1. The molecule has 2 N–H and O–H groups in total. The summed E-state index contributed by atoms with van der Waals surface area (Å²) in [7, 11) is 2.31. The second-order valence-electron chi connectivity index (χ2n) is 6.24. The van der Waals surface area contributed by atoms with Gasteiger partial charge in [-0.1, -0.05) is 13.8 Å². The van der Waals surface area contributed by atoms with E-state index in [1.165, 1.54) is 51.7 Å². The van der Waals surface area contributed by atoms with Gasteiger partial charge in [0.1, 0.15) is 0 Å². The second-order valence-corrected chi connectivity index (χ2v) is 6.24. The van der Waals surface area contributed by atoms with E-state index in [1.54, 1.807) is 0 Å². The van der Waals surface area contributed by atoms with Crippen molar-refractivity contribution in [2.45, 2.75) is 57.5 Å². The Hall–Kier alpha value is -0.120. The van der Waals surface area contributed by atoms with Crippen LogP contribution in [-0.4, -0.2) is 54.6 Å². The fourth-order valence-electron chi connectivity index (χ4n) is 3.97. The van der Waals surface area contributed by atoms with Gasteiger partial charge in [0.2, 0.25) is 0 Å². The Balaban J connectivity index is 1.98. The first-order chi connectivity index (χ1) is 8.67. The molecular formula is C15H31N3. The van der Waals surface area contributed by atoms with Crippen LogP contribution in [0.25, 0.3) is 0 Å². The highest BCUT2D eigenvalue weighted by molar-refractivity contribution is 5.02. The molecule has 0 radical (unpaired) electrons. The standard InChI is InChI=1S/C15H31N3/c1-4-15(12-16,13-8-9-13)17(3)11-14-7-6-10-18(14)5-2/h13-14H,4-12,16H2,1-3H3. The molecule has 106 valence electrons. The van der Waals surface area contributed by atoms with Crippen LogP contribution in [0.4, 0.5) is 0 Å². The smallest absolute Gasteiger partial charge is 0.0354 e. The van der Waals surface area contributed by atoms with E-state index in [-0.39, 0.29) is 5.54 Å². The normalized spacial score (nSPS) is 28.8. The summed E-state index contributed by atoms with van der Waals surface area (Å²) in [5.74, 6) is 0.856. The van der Waals surface area contributed by atoms with Crippen molar-refractivity contribution in [3.8, 4) is 0 Å². The summed E-state index contributed by atoms with van der Waals surface area (Å²) in [4.78, 5) is 5.24. The van der Waals surface area contributed by atoms with Crippen LogP contribution in [0, 0.1) is 5.92 Å². The van der Waals surface area contributed by atoms with Gasteiger partial charge in [-0.2, -0.15) is 0 Å². The maximum Gasteiger partial charge on any atom is 0.0354 e. The van der Waals surface area contributed by atoms with Crippen molar-refractivity contribution in [2.24, 2.45) is 11.7 Å². The molecule has 1 aliphatic heterocycles. The number of hydrogen-bond acceptors (Lipinski definition) is 3. The Bertz CT molecular complexity index is 258. The molecule has 0 bridgehead atoms. The fraction of sp³-hybridized carbons (Fsp3) is 1.00. The van der Waals surface area contributed by atoms with Crippen LogP contribution in [0.15, 0.2) is 0 Å². The lowest BCUT2D eigenvalue weighted by molar-refractivity contribution is 0.0687. The van der Waals surface area contributed by atoms with Gasteiger partial charge in [-0.05, 0) is 58.2 Å². The van der Waals surface area contributed by atoms with Gasteiger partial charge in [0.05, 0.1) is 0 Å². The molecule has 1 heterocycles. The molecule has 2 aliphatic rings. The summed E-state index contributed by atoms with van der Waals surface area (Å²) < 4.78 is 0. The second kappa shape index (κ2) is 5.89. The van der Waals surface area contributed by atoms with Gasteiger partial charge >= 0.3 is 0 Å². The van der Waals surface area contributed by atoms with Crippen molar-refractivity contribution in [3.63, 3.8) is 0 Å². The third-order valence-corrected chi connectivity index (χ3v) is 5.45. The van der Waals surface area contributed by atoms with E-state index in [0.717, 1.165) is 18.5 Å². The molecule has 2 rings (SSSR count). The maximum absolute atomic E-state index is 6.15. The number of nitrogens with zero attached hydrogens (tertiary/aromatic N) is 2. The highest BCUT2D eigenvalue weighted by atomic mass is 15.3. The van der Waals surface area contributed by atoms with E-state index in [2.05, 4.69) is 30.7 Å². The predicted octanol–water partition coefficient (Wildman–Crippen LogP) is 1.92. The van der Waals surface area contributed by atoms with E-state index >= 15 is 0 Å². The Morgan fingerprint density at radius 1 is 1.28 bits per heavy atom. The average molecular weight is 253 g/mol. The molecule has 18 heavy (non-hydrogen) atoms. The molecular weight excluding hydrogens is 222 g/mol. The van der Waals surface area contributed by atoms with Crippen LogP contribution in [0.3, 0.4) is 0 Å². The molecule has 0 aromatic rings. The van der Waals surface area contributed by atoms with Crippen LogP contribution in [0.1, 0.15) is 46.0 Å². The Morgan fingerprint density at radius 3 is 2.50 bits per heavy atom. The highest BCUT2D eigenvalue weighted by Gasteiger charge is 2.46. The predicted molar refractivity (Wildman–Crippen MR) is 77.7 cm³/mol. The lowest BCUT2D eigenvalue weighted by Gasteiger charge is -2.43. The van der Waals surface area contributed by atoms with Gasteiger partial charge in [-0.3, -0.25) is 9.80 Å². The number of rotatable bonds is 7. The average Bonchev–Trinajstić information content (AvgIpc) is 3.13. The van der Waals surface area contributed by atoms with Crippen molar-refractivity contribution in [3.05, 3.63) is 0 Å². The van der Waals surface area contributed by atoms with Crippen molar-refractivity contribution in [1.82, 2.24) is 9.80 Å². The van der Waals surface area contributed by atoms with Crippen LogP contribution >= 0.6 is 0 Å². The lowest BCUT2D eigenvalue weighted by Crippen LogP contribution is -2.56. The Kier molecular flexibility index (Phi) is 4.68. The van der Waals surface area contributed by atoms with Crippen molar-refractivity contribution < 1.29 is 0 Å². The van der Waals surface area contributed by atoms with Gasteiger partial charge in [0.15, 0.2) is 0 Å². The maximum atomic E-state index is 6.15. The molecule has 1 saturated carbocycles. The summed E-state index contributed by atoms with van der Waals surface area (Å²) in [5.41, 5.74) is 6.43. The molecule has 1 saturated heterocycles. The van der Waals surface area contributed by atoms with E-state index in [4.69, 9.17) is 5.73 Å². The van der Waals surface area contributed by atoms with Crippen LogP contribution in [0.2, 0.25) is 0 Å². The zero-order chi connectivity index (χ0) is 13.2. The highest BCUT2D eigenvalue weighted by Crippen LogP contribution is 2.44. The molecule has 0 aromatic heterocycles.